The standard InChI is InChI=1S/C55H63FN10O14/c1-3-55(79)38-23-34-25-58-41-24-39(56)32(2)35-13-14-40(36(51(35)41)17-20-65(34)53(77)37(38)31-80-54(55)78)62-47(71)29-64(30-50(74)75)21-18-57-44(68)27-61-52(76)42(22-33-10-6-4-7-11-33)63-46(70)28-60-45(69)26-59-43(67)12-8-5-9-19-66-48(72)15-16-49(66)73/h4,6-7,10-11,15-17,23-25,40,42,79H,3,5,8-9,12-14,18-22,26-31H2,1-2H3,(H,57,68)(H,59,67)(H,60,69)(H,61,76)(H,62,71)(H,63,70)(H,74,75)/b36-17+,58-25+/t40-,42-,55-/m0/s1. The second-order valence-corrected chi connectivity index (χ2v) is 19.6. The Morgan fingerprint density at radius 2 is 1.56 bits per heavy atom. The predicted molar refractivity (Wildman–Crippen MR) is 284 cm³/mol. The van der Waals surface area contributed by atoms with Crippen LogP contribution in [-0.2, 0) is 84.3 Å². The van der Waals surface area contributed by atoms with E-state index in [1.165, 1.54) is 40.0 Å². The van der Waals surface area contributed by atoms with Gasteiger partial charge in [-0.05, 0) is 67.4 Å². The Morgan fingerprint density at radius 1 is 0.863 bits per heavy atom. The third kappa shape index (κ3) is 14.7. The van der Waals surface area contributed by atoms with E-state index in [4.69, 9.17) is 4.74 Å². The number of ether oxygens (including phenoxy) is 1. The van der Waals surface area contributed by atoms with E-state index < -0.39 is 109 Å². The van der Waals surface area contributed by atoms with E-state index in [1.807, 2.05) is 0 Å². The average Bonchev–Trinajstić information content (AvgIpc) is 3.84. The van der Waals surface area contributed by atoms with Gasteiger partial charge >= 0.3 is 11.9 Å². The Labute approximate surface area is 458 Å². The topological polar surface area (TPSA) is 333 Å². The number of aliphatic carboxylic acids is 1. The first-order valence-electron chi connectivity index (χ1n) is 26.2. The van der Waals surface area contributed by atoms with Gasteiger partial charge in [-0.2, -0.15) is 0 Å². The molecule has 1 aliphatic carbocycles. The number of fused-ring (bicyclic) bond motifs is 2. The first-order chi connectivity index (χ1) is 38.3. The fraction of sp³-hybridized carbons (Fsp3) is 0.418. The first kappa shape index (κ1) is 59.0. The average molecular weight is 1110 g/mol. The fourth-order valence-corrected chi connectivity index (χ4v) is 9.83. The number of hydrogen-bond donors (Lipinski definition) is 8. The molecule has 8 N–H and O–H groups in total. The third-order valence-corrected chi connectivity index (χ3v) is 14.1. The maximum atomic E-state index is 15.5. The van der Waals surface area contributed by atoms with Crippen LogP contribution in [0.25, 0.3) is 5.57 Å². The number of cyclic esters (lactones) is 1. The van der Waals surface area contributed by atoms with Gasteiger partial charge in [-0.1, -0.05) is 49.8 Å². The lowest BCUT2D eigenvalue weighted by molar-refractivity contribution is -0.172. The maximum Gasteiger partial charge on any atom is 0.343 e. The Balaban J connectivity index is 0.901. The summed E-state index contributed by atoms with van der Waals surface area (Å²) >= 11 is 0. The highest BCUT2D eigenvalue weighted by Crippen LogP contribution is 2.41. The van der Waals surface area contributed by atoms with Crippen molar-refractivity contribution in [3.63, 3.8) is 0 Å². The van der Waals surface area contributed by atoms with Crippen molar-refractivity contribution in [2.45, 2.75) is 96.1 Å². The SMILES string of the molecule is CC[C@@]1(O)C(=O)OCc2c1cc1n(c2=O)C/C=C2/c3c(cc(F)c(C)c3CC[C@@H]2NC(=O)CN(CCNC(=O)CNC(=O)[C@H](Cc2ccccc2)NC(=O)CNC(=O)CNC(=O)CCCCCN2C(=O)C=CC2=O)CC(=O)O)/N=C/1. The number of allylic oxidation sites excluding steroid dienone is 1. The summed E-state index contributed by atoms with van der Waals surface area (Å²) in [5.74, 6) is -7.25. The van der Waals surface area contributed by atoms with Crippen LogP contribution in [0, 0.1) is 12.7 Å². The normalized spacial score (nSPS) is 18.4. The molecule has 0 saturated heterocycles. The van der Waals surface area contributed by atoms with E-state index >= 15 is 4.39 Å². The smallest absolute Gasteiger partial charge is 0.343 e. The lowest BCUT2D eigenvalue weighted by Gasteiger charge is -2.32. The Morgan fingerprint density at radius 3 is 2.29 bits per heavy atom. The number of amides is 8. The van der Waals surface area contributed by atoms with Gasteiger partial charge in [0.05, 0.1) is 61.9 Å². The number of nitrogens with one attached hydrogen (secondary N) is 6. The quantitative estimate of drug-likeness (QED) is 0.0304. The number of carbonyl (C=O) groups excluding carboxylic acids is 9. The number of aliphatic imine (C=N–C) groups is 1. The minimum absolute atomic E-state index is 0.0102. The van der Waals surface area contributed by atoms with Crippen LogP contribution in [0.1, 0.15) is 84.5 Å². The third-order valence-electron chi connectivity index (χ3n) is 14.1. The number of rotatable bonds is 25. The number of carboxylic acids is 1. The van der Waals surface area contributed by atoms with Crippen LogP contribution in [0.2, 0.25) is 0 Å². The van der Waals surface area contributed by atoms with Gasteiger partial charge < -0.3 is 51.4 Å². The molecular weight excluding hydrogens is 1040 g/mol. The molecule has 3 aromatic rings. The van der Waals surface area contributed by atoms with E-state index in [-0.39, 0.29) is 86.4 Å². The molecule has 424 valence electrons. The van der Waals surface area contributed by atoms with Gasteiger partial charge in [-0.25, -0.2) is 9.18 Å². The number of carbonyl (C=O) groups is 10. The Bertz CT molecular complexity index is 3100. The number of halogens is 1. The second kappa shape index (κ2) is 26.8. The van der Waals surface area contributed by atoms with Crippen molar-refractivity contribution in [2.75, 3.05) is 52.4 Å². The van der Waals surface area contributed by atoms with E-state index in [9.17, 15) is 63.0 Å². The van der Waals surface area contributed by atoms with Gasteiger partial charge in [0.1, 0.15) is 18.5 Å². The van der Waals surface area contributed by atoms with Crippen molar-refractivity contribution in [3.05, 3.63) is 116 Å². The summed E-state index contributed by atoms with van der Waals surface area (Å²) in [6.45, 7) is 0.226. The van der Waals surface area contributed by atoms with Crippen molar-refractivity contribution in [1.82, 2.24) is 46.3 Å². The number of nitrogens with zero attached hydrogens (tertiary/aromatic N) is 4. The van der Waals surface area contributed by atoms with Crippen LogP contribution in [-0.4, -0.2) is 154 Å². The van der Waals surface area contributed by atoms with Gasteiger partial charge in [-0.3, -0.25) is 62.7 Å². The summed E-state index contributed by atoms with van der Waals surface area (Å²) in [4.78, 5) is 147. The molecule has 0 fully saturated rings. The predicted octanol–water partition coefficient (Wildman–Crippen LogP) is -0.407. The molecular formula is C55H63FN10O14. The van der Waals surface area contributed by atoms with Crippen LogP contribution in [0.3, 0.4) is 0 Å². The minimum Gasteiger partial charge on any atom is -0.480 e. The van der Waals surface area contributed by atoms with Crippen molar-refractivity contribution in [3.8, 4) is 0 Å². The highest BCUT2D eigenvalue weighted by atomic mass is 19.1. The summed E-state index contributed by atoms with van der Waals surface area (Å²) in [5, 5.41) is 36.5. The molecule has 2 aromatic carbocycles. The molecule has 0 saturated carbocycles. The minimum atomic E-state index is -2.07. The highest BCUT2D eigenvalue weighted by Gasteiger charge is 2.45. The van der Waals surface area contributed by atoms with Gasteiger partial charge in [-0.15, -0.1) is 0 Å². The second-order valence-electron chi connectivity index (χ2n) is 19.6. The van der Waals surface area contributed by atoms with Crippen molar-refractivity contribution in [1.29, 1.82) is 0 Å². The number of aliphatic hydroxyl groups is 1. The maximum absolute atomic E-state index is 15.5. The molecule has 4 heterocycles. The van der Waals surface area contributed by atoms with Crippen LogP contribution >= 0.6 is 0 Å². The monoisotopic (exact) mass is 1110 g/mol. The first-order valence-corrected chi connectivity index (χ1v) is 26.2. The molecule has 25 heteroatoms. The molecule has 3 atom stereocenters. The van der Waals surface area contributed by atoms with Crippen LogP contribution in [0.5, 0.6) is 0 Å². The molecule has 80 heavy (non-hydrogen) atoms. The number of pyridine rings is 1. The van der Waals surface area contributed by atoms with Crippen molar-refractivity contribution >= 4 is 76.7 Å². The van der Waals surface area contributed by atoms with Crippen LogP contribution < -0.4 is 37.5 Å². The fourth-order valence-electron chi connectivity index (χ4n) is 9.83. The van der Waals surface area contributed by atoms with E-state index in [2.05, 4.69) is 36.9 Å². The number of unbranched alkanes of at least 4 members (excludes halogenated alkanes) is 2. The molecule has 1 aromatic heterocycles. The molecule has 7 rings (SSSR count). The number of carboxylic acid groups (broad SMARTS) is 1. The summed E-state index contributed by atoms with van der Waals surface area (Å²) in [7, 11) is 0. The summed E-state index contributed by atoms with van der Waals surface area (Å²) in [6.07, 6.45) is 7.67. The molecule has 8 amide bonds. The summed E-state index contributed by atoms with van der Waals surface area (Å²) in [6, 6.07) is 9.52. The Hall–Kier alpha value is -8.71. The van der Waals surface area contributed by atoms with E-state index in [0.717, 1.165) is 4.90 Å². The van der Waals surface area contributed by atoms with Crippen LogP contribution in [0.4, 0.5) is 10.1 Å². The number of benzene rings is 2. The number of imide groups is 1. The van der Waals surface area contributed by atoms with Crippen molar-refractivity contribution in [2.24, 2.45) is 4.99 Å². The van der Waals surface area contributed by atoms with Crippen LogP contribution in [0.15, 0.2) is 70.5 Å². The van der Waals surface area contributed by atoms with Gasteiger partial charge in [0, 0.05) is 68.4 Å². The molecule has 4 aliphatic rings. The number of esters is 1. The molecule has 0 unspecified atom stereocenters. The molecule has 3 aliphatic heterocycles. The molecule has 0 spiro atoms. The largest absolute Gasteiger partial charge is 0.480 e. The Kier molecular flexibility index (Phi) is 19.7. The molecule has 24 nitrogen and oxygen atoms in total. The number of hydrogen-bond acceptors (Lipinski definition) is 15. The van der Waals surface area contributed by atoms with Gasteiger partial charge in [0.25, 0.3) is 17.4 Å². The summed E-state index contributed by atoms with van der Waals surface area (Å²) in [5.41, 5.74) is 0.789. The zero-order valence-corrected chi connectivity index (χ0v) is 44.2. The van der Waals surface area contributed by atoms with Gasteiger partial charge in [0.15, 0.2) is 5.60 Å². The van der Waals surface area contributed by atoms with E-state index in [1.54, 1.807) is 50.3 Å². The van der Waals surface area contributed by atoms with Crippen molar-refractivity contribution < 1.29 is 67.3 Å². The lowest BCUT2D eigenvalue weighted by atomic mass is 9.80. The zero-order valence-electron chi connectivity index (χ0n) is 44.2. The molecule has 0 radical (unpaired) electrons. The van der Waals surface area contributed by atoms with Gasteiger partial charge in [0.2, 0.25) is 35.4 Å². The highest BCUT2D eigenvalue weighted by molar-refractivity contribution is 6.12. The van der Waals surface area contributed by atoms with E-state index in [0.29, 0.717) is 59.9 Å². The zero-order chi connectivity index (χ0) is 57.7. The summed E-state index contributed by atoms with van der Waals surface area (Å²) < 4.78 is 22.0. The lowest BCUT2D eigenvalue weighted by Crippen LogP contribution is -2.52. The molecule has 0 bridgehead atoms. The number of aromatic nitrogens is 1.